The first-order valence-electron chi connectivity index (χ1n) is 13.2. The lowest BCUT2D eigenvalue weighted by Crippen LogP contribution is -2.42. The molecule has 0 aromatic heterocycles. The summed E-state index contributed by atoms with van der Waals surface area (Å²) in [6, 6.07) is 2.56. The van der Waals surface area contributed by atoms with Gasteiger partial charge < -0.3 is 38.5 Å². The van der Waals surface area contributed by atoms with E-state index in [1.807, 2.05) is 0 Å². The molecular formula is C27H40N2O12. The van der Waals surface area contributed by atoms with Crippen LogP contribution in [0, 0.1) is 27.4 Å². The van der Waals surface area contributed by atoms with Crippen LogP contribution in [0.1, 0.15) is 45.1 Å². The highest BCUT2D eigenvalue weighted by atomic mass is 16.7. The quantitative estimate of drug-likeness (QED) is 0.136. The number of amides is 1. The number of benzene rings is 1. The van der Waals surface area contributed by atoms with Crippen molar-refractivity contribution in [3.8, 4) is 11.5 Å². The van der Waals surface area contributed by atoms with Gasteiger partial charge in [-0.1, -0.05) is 6.92 Å². The van der Waals surface area contributed by atoms with Gasteiger partial charge in [0.25, 0.3) is 5.69 Å². The molecule has 1 aliphatic carbocycles. The molecule has 41 heavy (non-hydrogen) atoms. The Bertz CT molecular complexity index is 1040. The van der Waals surface area contributed by atoms with Crippen molar-refractivity contribution in [2.45, 2.75) is 46.1 Å². The van der Waals surface area contributed by atoms with Crippen molar-refractivity contribution < 1.29 is 52.5 Å². The van der Waals surface area contributed by atoms with Gasteiger partial charge in [-0.25, -0.2) is 9.59 Å². The molecule has 14 heteroatoms. The summed E-state index contributed by atoms with van der Waals surface area (Å²) in [4.78, 5) is 46.4. The fourth-order valence-corrected chi connectivity index (χ4v) is 4.43. The summed E-state index contributed by atoms with van der Waals surface area (Å²) in [5.41, 5.74) is -0.982. The first-order valence-corrected chi connectivity index (χ1v) is 13.2. The summed E-state index contributed by atoms with van der Waals surface area (Å²) in [7, 11) is 4.21. The van der Waals surface area contributed by atoms with Crippen molar-refractivity contribution in [1.82, 2.24) is 5.32 Å². The molecule has 1 saturated carbocycles. The van der Waals surface area contributed by atoms with Crippen LogP contribution < -0.4 is 14.8 Å². The minimum absolute atomic E-state index is 0.0212. The molecular weight excluding hydrogens is 544 g/mol. The van der Waals surface area contributed by atoms with Gasteiger partial charge in [0.1, 0.15) is 13.2 Å². The van der Waals surface area contributed by atoms with Crippen molar-refractivity contribution in [2.24, 2.45) is 17.3 Å². The second kappa shape index (κ2) is 16.5. The number of alkyl carbamates (subject to hydrolysis) is 1. The molecule has 1 amide bonds. The van der Waals surface area contributed by atoms with Gasteiger partial charge in [0, 0.05) is 26.0 Å². The average Bonchev–Trinajstić information content (AvgIpc) is 2.95. The molecule has 14 nitrogen and oxygen atoms in total. The van der Waals surface area contributed by atoms with Gasteiger partial charge in [0.2, 0.25) is 0 Å². The fourth-order valence-electron chi connectivity index (χ4n) is 4.43. The third kappa shape index (κ3) is 11.3. The van der Waals surface area contributed by atoms with Gasteiger partial charge in [-0.15, -0.1) is 0 Å². The third-order valence-corrected chi connectivity index (χ3v) is 6.76. The molecule has 0 radical (unpaired) electrons. The van der Waals surface area contributed by atoms with Gasteiger partial charge in [-0.3, -0.25) is 14.9 Å². The average molecular weight is 585 g/mol. The monoisotopic (exact) mass is 584 g/mol. The maximum atomic E-state index is 12.4. The van der Waals surface area contributed by atoms with E-state index in [-0.39, 0.29) is 61.0 Å². The number of esters is 1. The predicted octanol–water partition coefficient (Wildman–Crippen LogP) is 4.01. The highest BCUT2D eigenvalue weighted by Crippen LogP contribution is 2.35. The van der Waals surface area contributed by atoms with E-state index in [9.17, 15) is 24.5 Å². The number of carbonyl (C=O) groups is 3. The second-order valence-electron chi connectivity index (χ2n) is 10.3. The molecule has 0 bridgehead atoms. The van der Waals surface area contributed by atoms with E-state index in [1.54, 1.807) is 6.92 Å². The number of hydrogen-bond donors (Lipinski definition) is 1. The Morgan fingerprint density at radius 1 is 0.927 bits per heavy atom. The highest BCUT2D eigenvalue weighted by Gasteiger charge is 2.29. The van der Waals surface area contributed by atoms with E-state index in [0.717, 1.165) is 25.7 Å². The van der Waals surface area contributed by atoms with Gasteiger partial charge in [-0.05, 0) is 43.6 Å². The molecule has 0 aliphatic heterocycles. The van der Waals surface area contributed by atoms with E-state index in [0.29, 0.717) is 12.5 Å². The van der Waals surface area contributed by atoms with Gasteiger partial charge in [0.05, 0.1) is 50.6 Å². The normalized spacial score (nSPS) is 17.9. The Balaban J connectivity index is 1.80. The maximum Gasteiger partial charge on any atom is 0.508 e. The zero-order valence-electron chi connectivity index (χ0n) is 24.2. The number of methoxy groups -OCH3 is 3. The van der Waals surface area contributed by atoms with Crippen LogP contribution >= 0.6 is 0 Å². The number of nitrogens with zero attached hydrogens (tertiary/aromatic N) is 1. The molecule has 1 unspecified atom stereocenters. The van der Waals surface area contributed by atoms with Crippen molar-refractivity contribution in [3.63, 3.8) is 0 Å². The van der Waals surface area contributed by atoms with Crippen LogP contribution in [-0.2, 0) is 35.1 Å². The minimum atomic E-state index is -0.830. The molecule has 1 fully saturated rings. The third-order valence-electron chi connectivity index (χ3n) is 6.76. The van der Waals surface area contributed by atoms with Crippen LogP contribution in [0.2, 0.25) is 0 Å². The van der Waals surface area contributed by atoms with Crippen molar-refractivity contribution >= 4 is 23.9 Å². The summed E-state index contributed by atoms with van der Waals surface area (Å²) < 4.78 is 36.3. The van der Waals surface area contributed by atoms with E-state index >= 15 is 0 Å². The molecule has 0 heterocycles. The van der Waals surface area contributed by atoms with Crippen LogP contribution in [-0.4, -0.2) is 77.4 Å². The molecule has 1 aromatic carbocycles. The van der Waals surface area contributed by atoms with Crippen molar-refractivity contribution in [2.75, 3.05) is 54.3 Å². The summed E-state index contributed by atoms with van der Waals surface area (Å²) >= 11 is 0. The van der Waals surface area contributed by atoms with Gasteiger partial charge >= 0.3 is 18.2 Å². The molecule has 0 saturated heterocycles. The van der Waals surface area contributed by atoms with Gasteiger partial charge in [-0.2, -0.15) is 0 Å². The van der Waals surface area contributed by atoms with Crippen LogP contribution in [0.25, 0.3) is 0 Å². The smallest absolute Gasteiger partial charge is 0.493 e. The zero-order valence-corrected chi connectivity index (χ0v) is 24.2. The van der Waals surface area contributed by atoms with E-state index in [2.05, 4.69) is 5.32 Å². The zero-order chi connectivity index (χ0) is 30.4. The molecule has 230 valence electrons. The Kier molecular flexibility index (Phi) is 13.4. The standard InChI is InChI=1S/C27H40N2O12/c1-18(30)38-12-19-6-8-20(9-7-19)13-40-26(32)41-17-27(2,16-35-3)15-28-25(31)39-14-21-10-23(36-4)24(37-5)11-22(21)29(33)34/h10-11,19-20H,6-9,12-17H2,1-5H3,(H,28,31). The maximum absolute atomic E-state index is 12.4. The lowest BCUT2D eigenvalue weighted by atomic mass is 9.83. The first kappa shape index (κ1) is 33.4. The summed E-state index contributed by atoms with van der Waals surface area (Å²) in [5, 5.41) is 14.0. The van der Waals surface area contributed by atoms with Crippen LogP contribution in [0.5, 0.6) is 11.5 Å². The Labute approximate surface area is 239 Å². The highest BCUT2D eigenvalue weighted by molar-refractivity contribution is 5.67. The molecule has 0 spiro atoms. The lowest BCUT2D eigenvalue weighted by molar-refractivity contribution is -0.385. The first-order chi connectivity index (χ1) is 19.5. The van der Waals surface area contributed by atoms with Crippen molar-refractivity contribution in [3.05, 3.63) is 27.8 Å². The number of carbonyl (C=O) groups excluding carboxylic acids is 3. The number of hydrogen-bond acceptors (Lipinski definition) is 12. The summed E-state index contributed by atoms with van der Waals surface area (Å²) in [5.74, 6) is 0.668. The molecule has 1 aromatic rings. The fraction of sp³-hybridized carbons (Fsp3) is 0.667. The molecule has 1 N–H and O–H groups in total. The SMILES string of the molecule is COCC(C)(CNC(=O)OCc1cc(OC)c(OC)cc1[N+](=O)[O-])COC(=O)OCC1CCC(COC(C)=O)CC1. The minimum Gasteiger partial charge on any atom is -0.493 e. The topological polar surface area (TPSA) is 171 Å². The lowest BCUT2D eigenvalue weighted by Gasteiger charge is -2.29. The second-order valence-corrected chi connectivity index (χ2v) is 10.3. The Morgan fingerprint density at radius 2 is 1.51 bits per heavy atom. The largest absolute Gasteiger partial charge is 0.508 e. The summed E-state index contributed by atoms with van der Waals surface area (Å²) in [6.45, 7) is 3.46. The number of nitro benzene ring substituents is 1. The Morgan fingerprint density at radius 3 is 2.05 bits per heavy atom. The molecule has 2 rings (SSSR count). The van der Waals surface area contributed by atoms with Crippen LogP contribution in [0.15, 0.2) is 12.1 Å². The number of ether oxygens (including phenoxy) is 7. The number of nitrogens with one attached hydrogen (secondary N) is 1. The number of rotatable bonds is 15. The number of nitro groups is 1. The summed E-state index contributed by atoms with van der Waals surface area (Å²) in [6.07, 6.45) is 1.85. The van der Waals surface area contributed by atoms with Crippen LogP contribution in [0.3, 0.4) is 0 Å². The van der Waals surface area contributed by atoms with E-state index < -0.39 is 29.2 Å². The van der Waals surface area contributed by atoms with E-state index in [1.165, 1.54) is 40.4 Å². The van der Waals surface area contributed by atoms with Gasteiger partial charge in [0.15, 0.2) is 11.5 Å². The molecule has 1 atom stereocenters. The predicted molar refractivity (Wildman–Crippen MR) is 144 cm³/mol. The molecule has 1 aliphatic rings. The van der Waals surface area contributed by atoms with E-state index in [4.69, 9.17) is 33.2 Å². The van der Waals surface area contributed by atoms with Crippen molar-refractivity contribution in [1.29, 1.82) is 0 Å². The Hall–Kier alpha value is -3.81. The van der Waals surface area contributed by atoms with Crippen LogP contribution in [0.4, 0.5) is 15.3 Å².